The molecular weight excluding hydrogens is 303 g/mol. The van der Waals surface area contributed by atoms with Crippen LogP contribution < -0.4 is 11.1 Å². The zero-order chi connectivity index (χ0) is 13.8. The van der Waals surface area contributed by atoms with Crippen molar-refractivity contribution in [1.82, 2.24) is 0 Å². The first-order chi connectivity index (χ1) is 9.06. The van der Waals surface area contributed by atoms with Crippen molar-refractivity contribution >= 4 is 46.2 Å². The second kappa shape index (κ2) is 6.38. The van der Waals surface area contributed by atoms with Gasteiger partial charge in [-0.05, 0) is 42.3 Å². The SMILES string of the molecule is Nc1ccc(Cl)cc1NCCc1ccc(Cl)cc1Cl. The summed E-state index contributed by atoms with van der Waals surface area (Å²) in [6, 6.07) is 10.8. The summed E-state index contributed by atoms with van der Waals surface area (Å²) in [4.78, 5) is 0. The second-order valence-electron chi connectivity index (χ2n) is 4.14. The highest BCUT2D eigenvalue weighted by molar-refractivity contribution is 6.35. The van der Waals surface area contributed by atoms with Crippen LogP contribution in [-0.2, 0) is 6.42 Å². The van der Waals surface area contributed by atoms with Gasteiger partial charge in [-0.1, -0.05) is 40.9 Å². The highest BCUT2D eigenvalue weighted by Crippen LogP contribution is 2.24. The lowest BCUT2D eigenvalue weighted by Crippen LogP contribution is -2.07. The van der Waals surface area contributed by atoms with E-state index in [9.17, 15) is 0 Å². The van der Waals surface area contributed by atoms with E-state index in [1.54, 1.807) is 24.3 Å². The van der Waals surface area contributed by atoms with Gasteiger partial charge in [0.1, 0.15) is 0 Å². The first-order valence-electron chi connectivity index (χ1n) is 5.79. The fourth-order valence-corrected chi connectivity index (χ4v) is 2.41. The van der Waals surface area contributed by atoms with Crippen LogP contribution in [0, 0.1) is 0 Å². The van der Waals surface area contributed by atoms with E-state index < -0.39 is 0 Å². The van der Waals surface area contributed by atoms with Crippen molar-refractivity contribution in [3.8, 4) is 0 Å². The molecule has 3 N–H and O–H groups in total. The second-order valence-corrected chi connectivity index (χ2v) is 5.42. The van der Waals surface area contributed by atoms with Gasteiger partial charge in [0.05, 0.1) is 11.4 Å². The fourth-order valence-electron chi connectivity index (χ4n) is 1.74. The van der Waals surface area contributed by atoms with Crippen LogP contribution in [0.4, 0.5) is 11.4 Å². The minimum Gasteiger partial charge on any atom is -0.397 e. The number of nitrogens with two attached hydrogens (primary N) is 1. The van der Waals surface area contributed by atoms with E-state index in [0.717, 1.165) is 17.7 Å². The van der Waals surface area contributed by atoms with Crippen molar-refractivity contribution in [2.45, 2.75) is 6.42 Å². The van der Waals surface area contributed by atoms with Gasteiger partial charge in [0, 0.05) is 21.6 Å². The van der Waals surface area contributed by atoms with E-state index >= 15 is 0 Å². The summed E-state index contributed by atoms with van der Waals surface area (Å²) in [6.45, 7) is 0.714. The molecule has 2 nitrogen and oxygen atoms in total. The Kier molecular flexibility index (Phi) is 4.81. The molecule has 0 aliphatic heterocycles. The smallest absolute Gasteiger partial charge is 0.0588 e. The van der Waals surface area contributed by atoms with Gasteiger partial charge in [-0.3, -0.25) is 0 Å². The maximum atomic E-state index is 6.11. The van der Waals surface area contributed by atoms with Crippen LogP contribution in [0.2, 0.25) is 15.1 Å². The molecule has 0 fully saturated rings. The Labute approximate surface area is 127 Å². The lowest BCUT2D eigenvalue weighted by atomic mass is 10.1. The van der Waals surface area contributed by atoms with Crippen molar-refractivity contribution in [3.05, 3.63) is 57.0 Å². The third-order valence-electron chi connectivity index (χ3n) is 2.74. The predicted molar refractivity (Wildman–Crippen MR) is 84.5 cm³/mol. The van der Waals surface area contributed by atoms with Gasteiger partial charge in [-0.25, -0.2) is 0 Å². The molecule has 0 aliphatic carbocycles. The molecule has 0 amide bonds. The Morgan fingerprint density at radius 2 is 1.63 bits per heavy atom. The van der Waals surface area contributed by atoms with Gasteiger partial charge in [-0.2, -0.15) is 0 Å². The standard InChI is InChI=1S/C14H13Cl3N2/c15-10-2-1-9(12(17)7-10)5-6-19-14-8-11(16)3-4-13(14)18/h1-4,7-8,19H,5-6,18H2. The molecule has 0 unspecified atom stereocenters. The van der Waals surface area contributed by atoms with E-state index in [-0.39, 0.29) is 0 Å². The molecule has 19 heavy (non-hydrogen) atoms. The number of halogens is 3. The number of anilines is 2. The molecule has 5 heteroatoms. The van der Waals surface area contributed by atoms with Crippen LogP contribution in [0.1, 0.15) is 5.56 Å². The van der Waals surface area contributed by atoms with E-state index in [1.165, 1.54) is 0 Å². The van der Waals surface area contributed by atoms with Crippen molar-refractivity contribution in [3.63, 3.8) is 0 Å². The highest BCUT2D eigenvalue weighted by Gasteiger charge is 2.03. The van der Waals surface area contributed by atoms with E-state index in [0.29, 0.717) is 27.3 Å². The Morgan fingerprint density at radius 3 is 2.37 bits per heavy atom. The average molecular weight is 316 g/mol. The van der Waals surface area contributed by atoms with Crippen LogP contribution in [0.15, 0.2) is 36.4 Å². The Bertz CT molecular complexity index is 585. The molecule has 0 radical (unpaired) electrons. The predicted octanol–water partition coefficient (Wildman–Crippen LogP) is 4.88. The molecule has 0 aromatic heterocycles. The Morgan fingerprint density at radius 1 is 0.947 bits per heavy atom. The Balaban J connectivity index is 1.98. The lowest BCUT2D eigenvalue weighted by Gasteiger charge is -2.10. The summed E-state index contributed by atoms with van der Waals surface area (Å²) in [5.74, 6) is 0. The zero-order valence-corrected chi connectivity index (χ0v) is 12.4. The molecule has 2 rings (SSSR count). The van der Waals surface area contributed by atoms with Crippen LogP contribution in [0.5, 0.6) is 0 Å². The molecule has 0 bridgehead atoms. The minimum absolute atomic E-state index is 0.640. The number of hydrogen-bond acceptors (Lipinski definition) is 2. The topological polar surface area (TPSA) is 38.0 Å². The first kappa shape index (κ1) is 14.3. The summed E-state index contributed by atoms with van der Waals surface area (Å²) >= 11 is 17.9. The number of hydrogen-bond donors (Lipinski definition) is 2. The molecule has 100 valence electrons. The van der Waals surface area contributed by atoms with E-state index in [2.05, 4.69) is 5.32 Å². The monoisotopic (exact) mass is 314 g/mol. The summed E-state index contributed by atoms with van der Waals surface area (Å²) in [5.41, 5.74) is 8.40. The summed E-state index contributed by atoms with van der Waals surface area (Å²) in [7, 11) is 0. The fraction of sp³-hybridized carbons (Fsp3) is 0.143. The van der Waals surface area contributed by atoms with Crippen molar-refractivity contribution < 1.29 is 0 Å². The quantitative estimate of drug-likeness (QED) is 0.789. The molecular formula is C14H13Cl3N2. The van der Waals surface area contributed by atoms with Crippen LogP contribution in [0.25, 0.3) is 0 Å². The van der Waals surface area contributed by atoms with Crippen molar-refractivity contribution in [1.29, 1.82) is 0 Å². The number of nitrogen functional groups attached to an aromatic ring is 1. The Hall–Kier alpha value is -1.09. The van der Waals surface area contributed by atoms with Crippen LogP contribution >= 0.6 is 34.8 Å². The lowest BCUT2D eigenvalue weighted by molar-refractivity contribution is 1.02. The molecule has 0 heterocycles. The molecule has 0 saturated heterocycles. The van der Waals surface area contributed by atoms with Crippen molar-refractivity contribution in [2.75, 3.05) is 17.6 Å². The number of rotatable bonds is 4. The molecule has 2 aromatic carbocycles. The van der Waals surface area contributed by atoms with Gasteiger partial charge in [0.15, 0.2) is 0 Å². The van der Waals surface area contributed by atoms with Crippen LogP contribution in [0.3, 0.4) is 0 Å². The minimum atomic E-state index is 0.640. The van der Waals surface area contributed by atoms with Gasteiger partial charge in [0.2, 0.25) is 0 Å². The van der Waals surface area contributed by atoms with Gasteiger partial charge >= 0.3 is 0 Å². The van der Waals surface area contributed by atoms with E-state index in [1.807, 2.05) is 12.1 Å². The number of benzene rings is 2. The van der Waals surface area contributed by atoms with E-state index in [4.69, 9.17) is 40.5 Å². The first-order valence-corrected chi connectivity index (χ1v) is 6.92. The third-order valence-corrected chi connectivity index (χ3v) is 3.56. The molecule has 0 spiro atoms. The molecule has 0 atom stereocenters. The maximum absolute atomic E-state index is 6.11. The van der Waals surface area contributed by atoms with Gasteiger partial charge < -0.3 is 11.1 Å². The molecule has 0 saturated carbocycles. The largest absolute Gasteiger partial charge is 0.397 e. The average Bonchev–Trinajstić information content (AvgIpc) is 2.36. The molecule has 0 aliphatic rings. The maximum Gasteiger partial charge on any atom is 0.0588 e. The van der Waals surface area contributed by atoms with Gasteiger partial charge in [-0.15, -0.1) is 0 Å². The summed E-state index contributed by atoms with van der Waals surface area (Å²) < 4.78 is 0. The van der Waals surface area contributed by atoms with Gasteiger partial charge in [0.25, 0.3) is 0 Å². The summed E-state index contributed by atoms with van der Waals surface area (Å²) in [6.07, 6.45) is 0.780. The number of nitrogens with one attached hydrogen (secondary N) is 1. The highest BCUT2D eigenvalue weighted by atomic mass is 35.5. The third kappa shape index (κ3) is 3.93. The summed E-state index contributed by atoms with van der Waals surface area (Å²) in [5, 5.41) is 5.21. The zero-order valence-electron chi connectivity index (χ0n) is 10.1. The normalized spacial score (nSPS) is 10.5. The van der Waals surface area contributed by atoms with Crippen LogP contribution in [-0.4, -0.2) is 6.54 Å². The molecule has 2 aromatic rings. The van der Waals surface area contributed by atoms with Crippen molar-refractivity contribution in [2.24, 2.45) is 0 Å².